The molecule has 0 aromatic heterocycles. The van der Waals surface area contributed by atoms with Crippen molar-refractivity contribution in [2.24, 2.45) is 0 Å². The van der Waals surface area contributed by atoms with Crippen molar-refractivity contribution in [1.29, 1.82) is 0 Å². The molecule has 6 nitrogen and oxygen atoms in total. The standard InChI is InChI=1S/C19H22N2O4S/c1-12-4-8-16(13(2)10-12)19(22)20-17-11-15(7-9-18(17)25-3)26(23,24)21-14-5-6-14/h4,7-11,14,21H,5-6H2,1-3H3,(H,20,22). The van der Waals surface area contributed by atoms with Gasteiger partial charge in [0.1, 0.15) is 5.75 Å². The smallest absolute Gasteiger partial charge is 0.256 e. The molecule has 0 aliphatic heterocycles. The number of hydrogen-bond donors (Lipinski definition) is 2. The van der Waals surface area contributed by atoms with Crippen LogP contribution in [0.5, 0.6) is 5.75 Å². The second kappa shape index (κ2) is 7.09. The van der Waals surface area contributed by atoms with Gasteiger partial charge in [0.25, 0.3) is 5.91 Å². The summed E-state index contributed by atoms with van der Waals surface area (Å²) in [6, 6.07) is 9.98. The molecule has 138 valence electrons. The lowest BCUT2D eigenvalue weighted by atomic mass is 10.1. The van der Waals surface area contributed by atoms with Crippen LogP contribution in [0.4, 0.5) is 5.69 Å². The van der Waals surface area contributed by atoms with Gasteiger partial charge in [0.05, 0.1) is 17.7 Å². The van der Waals surface area contributed by atoms with E-state index in [1.165, 1.54) is 19.2 Å². The fraction of sp³-hybridized carbons (Fsp3) is 0.316. The molecule has 0 saturated heterocycles. The Hall–Kier alpha value is -2.38. The number of ether oxygens (including phenoxy) is 1. The second-order valence-electron chi connectivity index (χ2n) is 6.53. The summed E-state index contributed by atoms with van der Waals surface area (Å²) in [6.07, 6.45) is 1.71. The van der Waals surface area contributed by atoms with Crippen LogP contribution in [0.2, 0.25) is 0 Å². The van der Waals surface area contributed by atoms with E-state index in [9.17, 15) is 13.2 Å². The lowest BCUT2D eigenvalue weighted by molar-refractivity contribution is 0.102. The van der Waals surface area contributed by atoms with E-state index in [4.69, 9.17) is 4.74 Å². The predicted octanol–water partition coefficient (Wildman–Crippen LogP) is 3.01. The Morgan fingerprint density at radius 3 is 2.46 bits per heavy atom. The van der Waals surface area contributed by atoms with E-state index >= 15 is 0 Å². The molecule has 2 aromatic carbocycles. The Morgan fingerprint density at radius 2 is 1.85 bits per heavy atom. The number of hydrogen-bond acceptors (Lipinski definition) is 4. The van der Waals surface area contributed by atoms with Gasteiger partial charge in [0.15, 0.2) is 0 Å². The quantitative estimate of drug-likeness (QED) is 0.814. The van der Waals surface area contributed by atoms with Crippen LogP contribution in [0.3, 0.4) is 0 Å². The third kappa shape index (κ3) is 4.05. The monoisotopic (exact) mass is 374 g/mol. The van der Waals surface area contributed by atoms with Gasteiger partial charge >= 0.3 is 0 Å². The highest BCUT2D eigenvalue weighted by atomic mass is 32.2. The summed E-state index contributed by atoms with van der Waals surface area (Å²) in [5.74, 6) is 0.0824. The van der Waals surface area contributed by atoms with Crippen molar-refractivity contribution in [2.75, 3.05) is 12.4 Å². The third-order valence-electron chi connectivity index (χ3n) is 4.26. The van der Waals surface area contributed by atoms with Crippen LogP contribution in [0, 0.1) is 13.8 Å². The molecule has 2 aromatic rings. The number of anilines is 1. The number of carbonyl (C=O) groups is 1. The first kappa shape index (κ1) is 18.4. The molecule has 0 heterocycles. The first-order valence-electron chi connectivity index (χ1n) is 8.39. The maximum absolute atomic E-state index is 12.6. The molecule has 1 saturated carbocycles. The number of sulfonamides is 1. The van der Waals surface area contributed by atoms with Crippen molar-refractivity contribution < 1.29 is 17.9 Å². The molecule has 26 heavy (non-hydrogen) atoms. The van der Waals surface area contributed by atoms with E-state index in [1.807, 2.05) is 26.0 Å². The van der Waals surface area contributed by atoms with Crippen molar-refractivity contribution in [2.45, 2.75) is 37.6 Å². The molecule has 0 bridgehead atoms. The third-order valence-corrected chi connectivity index (χ3v) is 5.77. The van der Waals surface area contributed by atoms with E-state index in [-0.39, 0.29) is 16.8 Å². The molecule has 0 spiro atoms. The van der Waals surface area contributed by atoms with Crippen molar-refractivity contribution in [1.82, 2.24) is 4.72 Å². The molecule has 1 amide bonds. The molecular weight excluding hydrogens is 352 g/mol. The highest BCUT2D eigenvalue weighted by molar-refractivity contribution is 7.89. The Kier molecular flexibility index (Phi) is 5.02. The minimum atomic E-state index is -3.62. The summed E-state index contributed by atoms with van der Waals surface area (Å²) in [5, 5.41) is 2.76. The Balaban J connectivity index is 1.90. The van der Waals surface area contributed by atoms with Gasteiger partial charge in [-0.1, -0.05) is 17.7 Å². The van der Waals surface area contributed by atoms with E-state index in [1.54, 1.807) is 12.1 Å². The van der Waals surface area contributed by atoms with Crippen LogP contribution < -0.4 is 14.8 Å². The minimum absolute atomic E-state index is 0.00958. The van der Waals surface area contributed by atoms with Gasteiger partial charge in [-0.15, -0.1) is 0 Å². The molecule has 0 unspecified atom stereocenters. The van der Waals surface area contributed by atoms with Gasteiger partial charge in [-0.2, -0.15) is 0 Å². The lowest BCUT2D eigenvalue weighted by Gasteiger charge is -2.14. The number of methoxy groups -OCH3 is 1. The van der Waals surface area contributed by atoms with Crippen molar-refractivity contribution >= 4 is 21.6 Å². The van der Waals surface area contributed by atoms with Crippen LogP contribution in [-0.4, -0.2) is 27.5 Å². The number of rotatable bonds is 6. The Labute approximate surface area is 153 Å². The molecule has 0 atom stereocenters. The maximum Gasteiger partial charge on any atom is 0.256 e. The SMILES string of the molecule is COc1ccc(S(=O)(=O)NC2CC2)cc1NC(=O)c1ccc(C)cc1C. The zero-order valence-electron chi connectivity index (χ0n) is 15.0. The summed E-state index contributed by atoms with van der Waals surface area (Å²) >= 11 is 0. The zero-order chi connectivity index (χ0) is 18.9. The van der Waals surface area contributed by atoms with Crippen molar-refractivity contribution in [3.8, 4) is 5.75 Å². The van der Waals surface area contributed by atoms with Gasteiger partial charge in [-0.05, 0) is 56.5 Å². The van der Waals surface area contributed by atoms with Gasteiger partial charge < -0.3 is 10.1 Å². The minimum Gasteiger partial charge on any atom is -0.495 e. The molecule has 3 rings (SSSR count). The van der Waals surface area contributed by atoms with E-state index in [2.05, 4.69) is 10.0 Å². The first-order valence-corrected chi connectivity index (χ1v) is 9.87. The topological polar surface area (TPSA) is 84.5 Å². The Morgan fingerprint density at radius 1 is 1.12 bits per heavy atom. The molecule has 2 N–H and O–H groups in total. The fourth-order valence-corrected chi connectivity index (χ4v) is 4.03. The number of nitrogens with one attached hydrogen (secondary N) is 2. The molecular formula is C19H22N2O4S. The van der Waals surface area contributed by atoms with Crippen LogP contribution in [0.25, 0.3) is 0 Å². The number of benzene rings is 2. The summed E-state index contributed by atoms with van der Waals surface area (Å²) in [5.41, 5.74) is 2.76. The number of carbonyl (C=O) groups excluding carboxylic acids is 1. The average molecular weight is 374 g/mol. The van der Waals surface area contributed by atoms with Crippen LogP contribution >= 0.6 is 0 Å². The predicted molar refractivity (Wildman–Crippen MR) is 100 cm³/mol. The van der Waals surface area contributed by atoms with Crippen LogP contribution in [0.15, 0.2) is 41.3 Å². The van der Waals surface area contributed by atoms with Crippen molar-refractivity contribution in [3.05, 3.63) is 53.1 Å². The molecule has 7 heteroatoms. The largest absolute Gasteiger partial charge is 0.495 e. The fourth-order valence-electron chi connectivity index (χ4n) is 2.70. The van der Waals surface area contributed by atoms with Crippen LogP contribution in [-0.2, 0) is 10.0 Å². The molecule has 1 aliphatic rings. The normalized spacial score (nSPS) is 14.1. The highest BCUT2D eigenvalue weighted by Gasteiger charge is 2.28. The van der Waals surface area contributed by atoms with Gasteiger partial charge in [-0.3, -0.25) is 4.79 Å². The maximum atomic E-state index is 12.6. The van der Waals surface area contributed by atoms with Crippen LogP contribution in [0.1, 0.15) is 34.3 Å². The van der Waals surface area contributed by atoms with Gasteiger partial charge in [0, 0.05) is 11.6 Å². The van der Waals surface area contributed by atoms with Gasteiger partial charge in [0.2, 0.25) is 10.0 Å². The average Bonchev–Trinajstić information content (AvgIpc) is 3.37. The molecule has 1 fully saturated rings. The summed E-state index contributed by atoms with van der Waals surface area (Å²) in [6.45, 7) is 3.82. The molecule has 0 radical (unpaired) electrons. The summed E-state index contributed by atoms with van der Waals surface area (Å²) < 4.78 is 32.7. The van der Waals surface area contributed by atoms with Gasteiger partial charge in [-0.25, -0.2) is 13.1 Å². The summed E-state index contributed by atoms with van der Waals surface area (Å²) in [7, 11) is -2.14. The second-order valence-corrected chi connectivity index (χ2v) is 8.24. The van der Waals surface area contributed by atoms with E-state index < -0.39 is 10.0 Å². The van der Waals surface area contributed by atoms with Crippen molar-refractivity contribution in [3.63, 3.8) is 0 Å². The zero-order valence-corrected chi connectivity index (χ0v) is 15.8. The van der Waals surface area contributed by atoms with E-state index in [0.717, 1.165) is 24.0 Å². The number of aryl methyl sites for hydroxylation is 2. The number of amides is 1. The Bertz CT molecular complexity index is 950. The highest BCUT2D eigenvalue weighted by Crippen LogP contribution is 2.29. The van der Waals surface area contributed by atoms with E-state index in [0.29, 0.717) is 17.0 Å². The lowest BCUT2D eigenvalue weighted by Crippen LogP contribution is -2.26. The summed E-state index contributed by atoms with van der Waals surface area (Å²) in [4.78, 5) is 12.7. The first-order chi connectivity index (χ1) is 12.3. The molecule has 1 aliphatic carbocycles.